The van der Waals surface area contributed by atoms with Crippen molar-refractivity contribution in [3.63, 3.8) is 0 Å². The molecule has 0 spiro atoms. The number of aliphatic hydroxyl groups is 1. The van der Waals surface area contributed by atoms with Crippen molar-refractivity contribution in [1.29, 1.82) is 0 Å². The molecule has 1 heterocycles. The number of hydrogen-bond acceptors (Lipinski definition) is 4. The second kappa shape index (κ2) is 4.42. The summed E-state index contributed by atoms with van der Waals surface area (Å²) in [5.74, 6) is 0.161. The van der Waals surface area contributed by atoms with Crippen LogP contribution in [0.5, 0.6) is 5.88 Å². The highest BCUT2D eigenvalue weighted by molar-refractivity contribution is 5.67. The Hall–Kier alpha value is -1.62. The molecule has 3 N–H and O–H groups in total. The maximum atomic E-state index is 10.3. The Kier molecular flexibility index (Phi) is 3.22. The van der Waals surface area contributed by atoms with Crippen LogP contribution < -0.4 is 10.5 Å². The Balaban J connectivity index is 2.64. The van der Waals surface area contributed by atoms with Gasteiger partial charge in [-0.05, 0) is 12.0 Å². The van der Waals surface area contributed by atoms with E-state index in [4.69, 9.17) is 10.8 Å². The number of hydrogen-bond donors (Lipinski definition) is 2. The Morgan fingerprint density at radius 1 is 1.62 bits per heavy atom. The molecule has 0 bridgehead atoms. The van der Waals surface area contributed by atoms with Crippen LogP contribution in [0.3, 0.4) is 0 Å². The van der Waals surface area contributed by atoms with Crippen LogP contribution >= 0.6 is 0 Å². The number of nitrogens with two attached hydrogens (primary N) is 1. The molecule has 0 fully saturated rings. The molecule has 0 atom stereocenters. The zero-order valence-corrected chi connectivity index (χ0v) is 6.93. The lowest BCUT2D eigenvalue weighted by Gasteiger charge is -2.00. The molecule has 0 radical (unpaired) electrons. The number of nitrogens with zero attached hydrogens (tertiary/aromatic N) is 1. The van der Waals surface area contributed by atoms with Gasteiger partial charge in [-0.25, -0.2) is 9.78 Å². The summed E-state index contributed by atoms with van der Waals surface area (Å²) in [6.07, 6.45) is 1.17. The topological polar surface area (TPSA) is 85.4 Å². The Bertz CT molecular complexity index is 284. The second-order valence-corrected chi connectivity index (χ2v) is 2.40. The van der Waals surface area contributed by atoms with Crippen molar-refractivity contribution >= 4 is 6.09 Å². The predicted octanol–water partition coefficient (Wildman–Crippen LogP) is 0.0739. The summed E-state index contributed by atoms with van der Waals surface area (Å²) in [5.41, 5.74) is 5.65. The van der Waals surface area contributed by atoms with Gasteiger partial charge in [0.15, 0.2) is 0 Å². The lowest BCUT2D eigenvalue weighted by molar-refractivity contribution is 0.209. The molecule has 0 aromatic carbocycles. The van der Waals surface area contributed by atoms with Crippen LogP contribution in [0.4, 0.5) is 4.79 Å². The number of carbonyl (C=O) groups is 1. The standard InChI is InChI=1S/C8H10N2O3/c9-8(12)13-7-2-1-6(3-4-11)5-10-7/h1-2,5,11H,3-4H2,(H2,9,12). The molecule has 1 aromatic rings. The van der Waals surface area contributed by atoms with Crippen molar-refractivity contribution in [3.05, 3.63) is 23.9 Å². The van der Waals surface area contributed by atoms with E-state index in [9.17, 15) is 4.79 Å². The molecular weight excluding hydrogens is 172 g/mol. The lowest BCUT2D eigenvalue weighted by atomic mass is 10.2. The van der Waals surface area contributed by atoms with Crippen molar-refractivity contribution < 1.29 is 14.6 Å². The van der Waals surface area contributed by atoms with Gasteiger partial charge >= 0.3 is 6.09 Å². The molecule has 0 saturated carbocycles. The van der Waals surface area contributed by atoms with E-state index in [1.165, 1.54) is 12.3 Å². The third kappa shape index (κ3) is 3.08. The third-order valence-corrected chi connectivity index (χ3v) is 1.40. The molecule has 13 heavy (non-hydrogen) atoms. The number of carbonyl (C=O) groups excluding carboxylic acids is 1. The predicted molar refractivity (Wildman–Crippen MR) is 45.2 cm³/mol. The first-order valence-electron chi connectivity index (χ1n) is 3.75. The van der Waals surface area contributed by atoms with Crippen molar-refractivity contribution in [2.45, 2.75) is 6.42 Å². The molecular formula is C8H10N2O3. The van der Waals surface area contributed by atoms with Gasteiger partial charge in [-0.2, -0.15) is 0 Å². The minimum absolute atomic E-state index is 0.0672. The fourth-order valence-corrected chi connectivity index (χ4v) is 0.851. The largest absolute Gasteiger partial charge is 0.411 e. The molecule has 0 aliphatic heterocycles. The van der Waals surface area contributed by atoms with Gasteiger partial charge in [0.25, 0.3) is 0 Å². The molecule has 70 valence electrons. The van der Waals surface area contributed by atoms with Gasteiger partial charge in [0, 0.05) is 18.9 Å². The minimum atomic E-state index is -0.887. The summed E-state index contributed by atoms with van der Waals surface area (Å²) in [7, 11) is 0. The highest BCUT2D eigenvalue weighted by Gasteiger charge is 1.99. The van der Waals surface area contributed by atoms with E-state index in [0.717, 1.165) is 5.56 Å². The number of ether oxygens (including phenoxy) is 1. The molecule has 1 rings (SSSR count). The van der Waals surface area contributed by atoms with Gasteiger partial charge in [0.2, 0.25) is 5.88 Å². The molecule has 0 saturated heterocycles. The van der Waals surface area contributed by atoms with E-state index in [0.29, 0.717) is 6.42 Å². The van der Waals surface area contributed by atoms with E-state index >= 15 is 0 Å². The summed E-state index contributed by atoms with van der Waals surface area (Å²) in [4.78, 5) is 14.1. The molecule has 5 nitrogen and oxygen atoms in total. The number of pyridine rings is 1. The summed E-state index contributed by atoms with van der Waals surface area (Å²) in [5, 5.41) is 8.60. The molecule has 5 heteroatoms. The molecule has 0 aliphatic carbocycles. The molecule has 0 unspecified atom stereocenters. The molecule has 0 aliphatic rings. The van der Waals surface area contributed by atoms with Crippen molar-refractivity contribution in [3.8, 4) is 5.88 Å². The highest BCUT2D eigenvalue weighted by atomic mass is 16.6. The zero-order valence-electron chi connectivity index (χ0n) is 6.93. The zero-order chi connectivity index (χ0) is 9.68. The van der Waals surface area contributed by atoms with Gasteiger partial charge in [-0.3, -0.25) is 0 Å². The summed E-state index contributed by atoms with van der Waals surface area (Å²) < 4.78 is 4.51. The minimum Gasteiger partial charge on any atom is -0.396 e. The van der Waals surface area contributed by atoms with Crippen LogP contribution in [0.25, 0.3) is 0 Å². The quantitative estimate of drug-likeness (QED) is 0.692. The van der Waals surface area contributed by atoms with Gasteiger partial charge in [-0.1, -0.05) is 6.07 Å². The number of primary amides is 1. The van der Waals surface area contributed by atoms with Crippen molar-refractivity contribution in [2.75, 3.05) is 6.61 Å². The van der Waals surface area contributed by atoms with E-state index in [-0.39, 0.29) is 12.5 Å². The van der Waals surface area contributed by atoms with Gasteiger partial charge in [0.05, 0.1) is 0 Å². The highest BCUT2D eigenvalue weighted by Crippen LogP contribution is 2.07. The summed E-state index contributed by atoms with van der Waals surface area (Å²) in [6, 6.07) is 3.23. The van der Waals surface area contributed by atoms with E-state index in [2.05, 4.69) is 9.72 Å². The molecule has 1 amide bonds. The normalized spacial score (nSPS) is 9.62. The van der Waals surface area contributed by atoms with Crippen molar-refractivity contribution in [1.82, 2.24) is 4.98 Å². The fourth-order valence-electron chi connectivity index (χ4n) is 0.851. The van der Waals surface area contributed by atoms with Gasteiger partial charge < -0.3 is 15.6 Å². The first kappa shape index (κ1) is 9.47. The van der Waals surface area contributed by atoms with E-state index in [1.54, 1.807) is 6.07 Å². The maximum Gasteiger partial charge on any atom is 0.411 e. The van der Waals surface area contributed by atoms with Crippen LogP contribution in [0.15, 0.2) is 18.3 Å². The number of amides is 1. The summed E-state index contributed by atoms with van der Waals surface area (Å²) in [6.45, 7) is 0.0672. The number of aliphatic hydroxyl groups excluding tert-OH is 1. The van der Waals surface area contributed by atoms with E-state index in [1.807, 2.05) is 0 Å². The monoisotopic (exact) mass is 182 g/mol. The fraction of sp³-hybridized carbons (Fsp3) is 0.250. The van der Waals surface area contributed by atoms with Crippen LogP contribution in [0.1, 0.15) is 5.56 Å². The third-order valence-electron chi connectivity index (χ3n) is 1.40. The smallest absolute Gasteiger partial charge is 0.396 e. The van der Waals surface area contributed by atoms with Crippen LogP contribution in [-0.4, -0.2) is 22.8 Å². The maximum absolute atomic E-state index is 10.3. The van der Waals surface area contributed by atoms with Gasteiger partial charge in [-0.15, -0.1) is 0 Å². The summed E-state index contributed by atoms with van der Waals surface area (Å²) >= 11 is 0. The SMILES string of the molecule is NC(=O)Oc1ccc(CCO)cn1. The van der Waals surface area contributed by atoms with Gasteiger partial charge in [0.1, 0.15) is 0 Å². The second-order valence-electron chi connectivity index (χ2n) is 2.40. The average Bonchev–Trinajstić information content (AvgIpc) is 2.08. The Morgan fingerprint density at radius 3 is 2.85 bits per heavy atom. The average molecular weight is 182 g/mol. The Morgan fingerprint density at radius 2 is 2.38 bits per heavy atom. The van der Waals surface area contributed by atoms with Crippen LogP contribution in [0.2, 0.25) is 0 Å². The van der Waals surface area contributed by atoms with Crippen LogP contribution in [0, 0.1) is 0 Å². The van der Waals surface area contributed by atoms with E-state index < -0.39 is 6.09 Å². The molecule has 1 aromatic heterocycles. The van der Waals surface area contributed by atoms with Crippen LogP contribution in [-0.2, 0) is 6.42 Å². The first-order chi connectivity index (χ1) is 6.22. The Labute approximate surface area is 75.2 Å². The number of rotatable bonds is 3. The van der Waals surface area contributed by atoms with Crippen molar-refractivity contribution in [2.24, 2.45) is 5.73 Å². The lowest BCUT2D eigenvalue weighted by Crippen LogP contribution is -2.16. The number of aromatic nitrogens is 1. The first-order valence-corrected chi connectivity index (χ1v) is 3.75.